The van der Waals surface area contributed by atoms with Crippen LogP contribution in [0.15, 0.2) is 74.0 Å². The monoisotopic (exact) mass is 589 g/mol. The van der Waals surface area contributed by atoms with Crippen LogP contribution in [0.5, 0.6) is 11.5 Å². The van der Waals surface area contributed by atoms with Crippen LogP contribution >= 0.6 is 11.3 Å². The Hall–Kier alpha value is -4.97. The Morgan fingerprint density at radius 3 is 2.57 bits per heavy atom. The number of ether oxygens (including phenoxy) is 3. The Morgan fingerprint density at radius 2 is 1.88 bits per heavy atom. The molecule has 1 aliphatic heterocycles. The van der Waals surface area contributed by atoms with Crippen LogP contribution in [0, 0.1) is 17.0 Å². The third-order valence-corrected chi connectivity index (χ3v) is 7.82. The number of methoxy groups -OCH3 is 2. The number of esters is 1. The van der Waals surface area contributed by atoms with Crippen molar-refractivity contribution in [2.24, 2.45) is 4.99 Å². The average molecular weight is 590 g/mol. The molecule has 0 saturated heterocycles. The summed E-state index contributed by atoms with van der Waals surface area (Å²) in [5.41, 5.74) is 2.24. The molecule has 5 rings (SSSR count). The average Bonchev–Trinajstić information content (AvgIpc) is 3.56. The molecule has 0 N–H and O–H groups in total. The van der Waals surface area contributed by atoms with Crippen LogP contribution in [0.2, 0.25) is 0 Å². The molecule has 0 unspecified atom stereocenters. The zero-order valence-corrected chi connectivity index (χ0v) is 24.3. The van der Waals surface area contributed by atoms with E-state index in [0.717, 1.165) is 16.9 Å². The molecule has 11 nitrogen and oxygen atoms in total. The number of furan rings is 1. The van der Waals surface area contributed by atoms with Gasteiger partial charge in [-0.15, -0.1) is 0 Å². The van der Waals surface area contributed by atoms with Crippen molar-refractivity contribution >= 4 is 29.1 Å². The molecule has 2 aromatic heterocycles. The summed E-state index contributed by atoms with van der Waals surface area (Å²) in [6.07, 6.45) is 1.59. The molecule has 0 spiro atoms. The van der Waals surface area contributed by atoms with Crippen LogP contribution in [0.3, 0.4) is 0 Å². The fourth-order valence-corrected chi connectivity index (χ4v) is 5.85. The Bertz CT molecular complexity index is 1930. The molecule has 0 radical (unpaired) electrons. The highest BCUT2D eigenvalue weighted by Crippen LogP contribution is 2.36. The van der Waals surface area contributed by atoms with Crippen LogP contribution in [-0.2, 0) is 9.53 Å². The Labute approximate surface area is 243 Å². The summed E-state index contributed by atoms with van der Waals surface area (Å²) < 4.78 is 24.0. The first-order valence-electron chi connectivity index (χ1n) is 12.9. The van der Waals surface area contributed by atoms with E-state index in [1.165, 1.54) is 30.9 Å². The lowest BCUT2D eigenvalue weighted by Gasteiger charge is -2.25. The first-order chi connectivity index (χ1) is 20.2. The first kappa shape index (κ1) is 28.6. The molecular formula is C30H27N3O8S. The van der Waals surface area contributed by atoms with E-state index in [0.29, 0.717) is 49.2 Å². The van der Waals surface area contributed by atoms with Gasteiger partial charge < -0.3 is 18.6 Å². The van der Waals surface area contributed by atoms with Crippen molar-refractivity contribution in [3.8, 4) is 22.8 Å². The Kier molecular flexibility index (Phi) is 7.81. The number of aromatic nitrogens is 1. The first-order valence-corrected chi connectivity index (χ1v) is 13.7. The fourth-order valence-electron chi connectivity index (χ4n) is 4.82. The van der Waals surface area contributed by atoms with Gasteiger partial charge >= 0.3 is 5.97 Å². The molecule has 216 valence electrons. The molecule has 12 heteroatoms. The van der Waals surface area contributed by atoms with E-state index >= 15 is 0 Å². The zero-order chi connectivity index (χ0) is 30.1. The lowest BCUT2D eigenvalue weighted by molar-refractivity contribution is -0.384. The van der Waals surface area contributed by atoms with Crippen LogP contribution in [-0.4, -0.2) is 36.3 Å². The van der Waals surface area contributed by atoms with E-state index in [1.54, 1.807) is 56.3 Å². The molecule has 1 atom stereocenters. The lowest BCUT2D eigenvalue weighted by atomic mass is 9.95. The number of thiazole rings is 1. The number of nitro groups is 1. The number of fused-ring (bicyclic) bond motifs is 1. The number of hydrogen-bond donors (Lipinski definition) is 0. The summed E-state index contributed by atoms with van der Waals surface area (Å²) in [5.74, 6) is 1.18. The van der Waals surface area contributed by atoms with Crippen molar-refractivity contribution in [2.75, 3.05) is 20.8 Å². The van der Waals surface area contributed by atoms with E-state index in [9.17, 15) is 19.7 Å². The number of non-ortho nitro benzene ring substituents is 1. The van der Waals surface area contributed by atoms with Gasteiger partial charge in [0.05, 0.1) is 47.6 Å². The van der Waals surface area contributed by atoms with Crippen molar-refractivity contribution in [1.29, 1.82) is 0 Å². The van der Waals surface area contributed by atoms with Gasteiger partial charge in [-0.25, -0.2) is 9.79 Å². The minimum absolute atomic E-state index is 0.0511. The van der Waals surface area contributed by atoms with Gasteiger partial charge in [0.15, 0.2) is 16.3 Å². The van der Waals surface area contributed by atoms with E-state index in [4.69, 9.17) is 18.6 Å². The molecule has 4 aromatic rings. The fraction of sp³-hybridized carbons (Fsp3) is 0.233. The number of allylic oxidation sites excluding steroid dienone is 1. The minimum Gasteiger partial charge on any atom is -0.493 e. The highest BCUT2D eigenvalue weighted by atomic mass is 32.1. The van der Waals surface area contributed by atoms with Crippen molar-refractivity contribution in [1.82, 2.24) is 4.57 Å². The summed E-state index contributed by atoms with van der Waals surface area (Å²) >= 11 is 1.15. The number of nitro benzene ring substituents is 1. The van der Waals surface area contributed by atoms with Gasteiger partial charge in [-0.05, 0) is 56.2 Å². The van der Waals surface area contributed by atoms with Crippen molar-refractivity contribution in [3.05, 3.63) is 106 Å². The number of carbonyl (C=O) groups is 1. The smallest absolute Gasteiger partial charge is 0.338 e. The van der Waals surface area contributed by atoms with E-state index in [2.05, 4.69) is 4.99 Å². The number of aryl methyl sites for hydroxylation is 1. The summed E-state index contributed by atoms with van der Waals surface area (Å²) in [6.45, 7) is 5.40. The maximum Gasteiger partial charge on any atom is 0.338 e. The standard InChI is InChI=1S/C30H27N3O8S/c1-6-40-29(35)26-17(3)31-30-32(27(26)18-8-11-23(38-4)24(13-18)39-5)28(34)25(42-30)15-20-10-12-22(41-20)21-14-19(33(36)37)9-7-16(21)2/h7-15,27H,6H2,1-5H3/b25-15-/t27-/m1/s1. The molecule has 1 aliphatic rings. The highest BCUT2D eigenvalue weighted by molar-refractivity contribution is 7.07. The summed E-state index contributed by atoms with van der Waals surface area (Å²) in [4.78, 5) is 42.8. The maximum atomic E-state index is 13.9. The van der Waals surface area contributed by atoms with Gasteiger partial charge in [0.25, 0.3) is 11.2 Å². The number of hydrogen-bond acceptors (Lipinski definition) is 10. The minimum atomic E-state index is -0.832. The highest BCUT2D eigenvalue weighted by Gasteiger charge is 2.34. The molecule has 0 bridgehead atoms. The van der Waals surface area contributed by atoms with Gasteiger partial charge in [0.2, 0.25) is 0 Å². The van der Waals surface area contributed by atoms with Gasteiger partial charge in [-0.1, -0.05) is 23.5 Å². The van der Waals surface area contributed by atoms with Crippen molar-refractivity contribution in [3.63, 3.8) is 0 Å². The second kappa shape index (κ2) is 11.5. The number of rotatable bonds is 8. The summed E-state index contributed by atoms with van der Waals surface area (Å²) in [6, 6.07) is 12.3. The lowest BCUT2D eigenvalue weighted by Crippen LogP contribution is -2.39. The predicted molar refractivity (Wildman–Crippen MR) is 155 cm³/mol. The van der Waals surface area contributed by atoms with Gasteiger partial charge in [-0.2, -0.15) is 0 Å². The number of nitrogens with zero attached hydrogens (tertiary/aromatic N) is 3. The number of carbonyl (C=O) groups excluding carboxylic acids is 1. The largest absolute Gasteiger partial charge is 0.493 e. The van der Waals surface area contributed by atoms with E-state index in [1.807, 2.05) is 6.92 Å². The van der Waals surface area contributed by atoms with Crippen molar-refractivity contribution < 1.29 is 28.3 Å². The van der Waals surface area contributed by atoms with Gasteiger partial charge in [0, 0.05) is 23.8 Å². The van der Waals surface area contributed by atoms with E-state index < -0.39 is 16.9 Å². The summed E-state index contributed by atoms with van der Waals surface area (Å²) in [5, 5.41) is 11.3. The topological polar surface area (TPSA) is 135 Å². The normalized spacial score (nSPS) is 14.8. The second-order valence-electron chi connectivity index (χ2n) is 9.38. The van der Waals surface area contributed by atoms with Crippen LogP contribution < -0.4 is 24.4 Å². The Morgan fingerprint density at radius 1 is 1.12 bits per heavy atom. The molecular weight excluding hydrogens is 562 g/mol. The zero-order valence-electron chi connectivity index (χ0n) is 23.5. The number of benzene rings is 2. The van der Waals surface area contributed by atoms with Crippen molar-refractivity contribution in [2.45, 2.75) is 26.8 Å². The molecule has 0 aliphatic carbocycles. The SMILES string of the molecule is CCOC(=O)C1=C(C)N=c2s/c(=C\c3ccc(-c4cc([N+](=O)[O-])ccc4C)o3)c(=O)n2[C@@H]1c1ccc(OC)c(OC)c1. The second-order valence-corrected chi connectivity index (χ2v) is 10.4. The van der Waals surface area contributed by atoms with Crippen LogP contribution in [0.1, 0.15) is 36.8 Å². The van der Waals surface area contributed by atoms with Gasteiger partial charge in [-0.3, -0.25) is 19.5 Å². The van der Waals surface area contributed by atoms with E-state index in [-0.39, 0.29) is 23.4 Å². The molecule has 0 amide bonds. The van der Waals surface area contributed by atoms with Gasteiger partial charge in [0.1, 0.15) is 11.5 Å². The Balaban J connectivity index is 1.65. The molecule has 2 aromatic carbocycles. The quantitative estimate of drug-likeness (QED) is 0.169. The predicted octanol–water partition coefficient (Wildman–Crippen LogP) is 4.29. The summed E-state index contributed by atoms with van der Waals surface area (Å²) in [7, 11) is 3.03. The third-order valence-electron chi connectivity index (χ3n) is 6.84. The molecule has 3 heterocycles. The van der Waals surface area contributed by atoms with Crippen LogP contribution in [0.25, 0.3) is 17.4 Å². The molecule has 0 fully saturated rings. The third kappa shape index (κ3) is 5.12. The van der Waals surface area contributed by atoms with Crippen LogP contribution in [0.4, 0.5) is 5.69 Å². The maximum absolute atomic E-state index is 13.9. The molecule has 0 saturated carbocycles. The molecule has 42 heavy (non-hydrogen) atoms.